The van der Waals surface area contributed by atoms with Crippen molar-refractivity contribution >= 4 is 11.9 Å². The number of carboxylic acids is 1. The minimum Gasteiger partial charge on any atom is -0.475 e. The van der Waals surface area contributed by atoms with Crippen molar-refractivity contribution in [2.45, 2.75) is 6.54 Å². The van der Waals surface area contributed by atoms with E-state index in [2.05, 4.69) is 35.6 Å². The number of rotatable bonds is 4. The van der Waals surface area contributed by atoms with Gasteiger partial charge in [0, 0.05) is 6.07 Å². The highest BCUT2D eigenvalue weighted by Crippen LogP contribution is 2.03. The molecule has 2 rings (SSSR count). The molecule has 2 aromatic heterocycles. The van der Waals surface area contributed by atoms with Gasteiger partial charge in [0.2, 0.25) is 5.76 Å². The zero-order valence-corrected chi connectivity index (χ0v) is 8.25. The van der Waals surface area contributed by atoms with Crippen molar-refractivity contribution < 1.29 is 19.2 Å². The summed E-state index contributed by atoms with van der Waals surface area (Å²) in [7, 11) is 0. The number of aromatic nitrogens is 5. The highest BCUT2D eigenvalue weighted by molar-refractivity contribution is 5.94. The fourth-order valence-corrected chi connectivity index (χ4v) is 0.990. The van der Waals surface area contributed by atoms with Gasteiger partial charge in [0.05, 0.1) is 6.54 Å². The predicted molar refractivity (Wildman–Crippen MR) is 48.8 cm³/mol. The summed E-state index contributed by atoms with van der Waals surface area (Å²) in [5.41, 5.74) is -0.133. The summed E-state index contributed by atoms with van der Waals surface area (Å²) in [5.74, 6) is -2.00. The summed E-state index contributed by atoms with van der Waals surface area (Å²) in [6, 6.07) is 1.02. The summed E-state index contributed by atoms with van der Waals surface area (Å²) >= 11 is 0. The highest BCUT2D eigenvalue weighted by Gasteiger charge is 2.16. The van der Waals surface area contributed by atoms with Gasteiger partial charge in [-0.3, -0.25) is 4.79 Å². The number of carboxylic acid groups (broad SMARTS) is 1. The molecule has 0 aliphatic rings. The first kappa shape index (κ1) is 10.7. The van der Waals surface area contributed by atoms with E-state index in [-0.39, 0.29) is 12.2 Å². The molecule has 0 fully saturated rings. The van der Waals surface area contributed by atoms with E-state index in [9.17, 15) is 9.59 Å². The molecular weight excluding hydrogens is 232 g/mol. The number of aromatic carboxylic acids is 1. The second kappa shape index (κ2) is 4.38. The molecule has 0 aliphatic carbocycles. The zero-order chi connectivity index (χ0) is 12.3. The van der Waals surface area contributed by atoms with E-state index >= 15 is 0 Å². The molecule has 0 aliphatic heterocycles. The van der Waals surface area contributed by atoms with Crippen LogP contribution in [0.2, 0.25) is 0 Å². The van der Waals surface area contributed by atoms with Gasteiger partial charge in [0.15, 0.2) is 11.5 Å². The number of nitrogens with zero attached hydrogens (tertiary/aromatic N) is 4. The minimum absolute atomic E-state index is 0.0462. The Bertz CT molecular complexity index is 532. The first-order chi connectivity index (χ1) is 8.16. The van der Waals surface area contributed by atoms with Crippen LogP contribution in [-0.2, 0) is 6.54 Å². The highest BCUT2D eigenvalue weighted by atomic mass is 16.5. The molecule has 0 aromatic carbocycles. The lowest BCUT2D eigenvalue weighted by atomic mass is 10.3. The number of hydrogen-bond donors (Lipinski definition) is 3. The summed E-state index contributed by atoms with van der Waals surface area (Å²) in [6.07, 6.45) is 0. The van der Waals surface area contributed by atoms with E-state index in [4.69, 9.17) is 5.11 Å². The van der Waals surface area contributed by atoms with Crippen molar-refractivity contribution in [3.63, 3.8) is 0 Å². The van der Waals surface area contributed by atoms with Gasteiger partial charge in [-0.2, -0.15) is 5.21 Å². The van der Waals surface area contributed by atoms with E-state index in [0.29, 0.717) is 5.82 Å². The number of carbonyl (C=O) groups excluding carboxylic acids is 1. The maximum Gasteiger partial charge on any atom is 0.374 e. The third kappa shape index (κ3) is 2.42. The summed E-state index contributed by atoms with van der Waals surface area (Å²) < 4.78 is 4.42. The smallest absolute Gasteiger partial charge is 0.374 e. The second-order valence-corrected chi connectivity index (χ2v) is 2.89. The number of tetrazole rings is 1. The van der Waals surface area contributed by atoms with Crippen molar-refractivity contribution in [3.05, 3.63) is 23.3 Å². The Labute approximate surface area is 93.0 Å². The Morgan fingerprint density at radius 2 is 2.35 bits per heavy atom. The number of nitrogens with one attached hydrogen (secondary N) is 2. The van der Waals surface area contributed by atoms with Crippen LogP contribution >= 0.6 is 0 Å². The average Bonchev–Trinajstić information content (AvgIpc) is 2.96. The van der Waals surface area contributed by atoms with Crippen molar-refractivity contribution in [2.24, 2.45) is 0 Å². The van der Waals surface area contributed by atoms with Crippen molar-refractivity contribution in [3.8, 4) is 0 Å². The van der Waals surface area contributed by atoms with Gasteiger partial charge < -0.3 is 14.9 Å². The molecule has 0 unspecified atom stereocenters. The molecule has 2 heterocycles. The van der Waals surface area contributed by atoms with Crippen LogP contribution in [0.15, 0.2) is 10.6 Å². The molecule has 0 saturated carbocycles. The first-order valence-electron chi connectivity index (χ1n) is 4.37. The molecule has 0 saturated heterocycles. The number of carbonyl (C=O) groups is 2. The normalized spacial score (nSPS) is 10.1. The lowest BCUT2D eigenvalue weighted by Crippen LogP contribution is -2.23. The molecule has 0 bridgehead atoms. The molecule has 1 amide bonds. The Morgan fingerprint density at radius 3 is 2.94 bits per heavy atom. The largest absolute Gasteiger partial charge is 0.475 e. The fourth-order valence-electron chi connectivity index (χ4n) is 0.990. The maximum absolute atomic E-state index is 11.5. The van der Waals surface area contributed by atoms with Crippen LogP contribution in [0.4, 0.5) is 0 Å². The molecule has 0 atom stereocenters. The monoisotopic (exact) mass is 238 g/mol. The van der Waals surface area contributed by atoms with Crippen LogP contribution < -0.4 is 5.32 Å². The Balaban J connectivity index is 1.97. The number of amides is 1. The molecule has 2 aromatic rings. The molecule has 17 heavy (non-hydrogen) atoms. The van der Waals surface area contributed by atoms with Gasteiger partial charge in [-0.1, -0.05) is 10.4 Å². The standard InChI is InChI=1S/C7H6N6O4/c14-6(8-2-5-9-12-13-10-5)3-1-4(7(15)16)17-11-3/h1H,2H2,(H,8,14)(H,15,16)(H,9,10,12,13). The van der Waals surface area contributed by atoms with Crippen molar-refractivity contribution in [2.75, 3.05) is 0 Å². The average molecular weight is 238 g/mol. The van der Waals surface area contributed by atoms with Crippen LogP contribution in [0.5, 0.6) is 0 Å². The minimum atomic E-state index is -1.30. The van der Waals surface area contributed by atoms with Gasteiger partial charge in [-0.05, 0) is 0 Å². The van der Waals surface area contributed by atoms with Crippen molar-refractivity contribution in [1.29, 1.82) is 0 Å². The van der Waals surface area contributed by atoms with Gasteiger partial charge >= 0.3 is 5.97 Å². The lowest BCUT2D eigenvalue weighted by molar-refractivity contribution is 0.0651. The number of H-pyrrole nitrogens is 1. The van der Waals surface area contributed by atoms with Gasteiger partial charge in [0.25, 0.3) is 5.91 Å². The van der Waals surface area contributed by atoms with Gasteiger partial charge in [0.1, 0.15) is 0 Å². The third-order valence-corrected chi connectivity index (χ3v) is 1.75. The summed E-state index contributed by atoms with van der Waals surface area (Å²) in [4.78, 5) is 21.9. The van der Waals surface area contributed by atoms with Crippen LogP contribution in [0, 0.1) is 0 Å². The SMILES string of the molecule is O=C(NCc1nn[nH]n1)c1cc(C(=O)O)on1. The Kier molecular flexibility index (Phi) is 2.77. The molecule has 10 nitrogen and oxygen atoms in total. The van der Waals surface area contributed by atoms with E-state index in [1.54, 1.807) is 0 Å². The first-order valence-corrected chi connectivity index (χ1v) is 4.37. The maximum atomic E-state index is 11.5. The Morgan fingerprint density at radius 1 is 1.53 bits per heavy atom. The molecule has 3 N–H and O–H groups in total. The van der Waals surface area contributed by atoms with Crippen LogP contribution in [0.1, 0.15) is 26.9 Å². The number of aromatic amines is 1. The lowest BCUT2D eigenvalue weighted by Gasteiger charge is -1.96. The van der Waals surface area contributed by atoms with E-state index in [1.807, 2.05) is 0 Å². The van der Waals surface area contributed by atoms with Gasteiger partial charge in [-0.25, -0.2) is 4.79 Å². The second-order valence-electron chi connectivity index (χ2n) is 2.89. The summed E-state index contributed by atoms with van der Waals surface area (Å²) in [6.45, 7) is 0.0462. The van der Waals surface area contributed by atoms with Crippen LogP contribution in [0.25, 0.3) is 0 Å². The molecule has 88 valence electrons. The topological polar surface area (TPSA) is 147 Å². The van der Waals surface area contributed by atoms with Crippen LogP contribution in [0.3, 0.4) is 0 Å². The molecular formula is C7H6N6O4. The Hall–Kier alpha value is -2.78. The molecule has 0 spiro atoms. The number of hydrogen-bond acceptors (Lipinski definition) is 7. The zero-order valence-electron chi connectivity index (χ0n) is 8.25. The summed E-state index contributed by atoms with van der Waals surface area (Å²) in [5, 5.41) is 27.0. The van der Waals surface area contributed by atoms with E-state index in [0.717, 1.165) is 6.07 Å². The third-order valence-electron chi connectivity index (χ3n) is 1.75. The molecule has 0 radical (unpaired) electrons. The van der Waals surface area contributed by atoms with Crippen LogP contribution in [-0.4, -0.2) is 42.8 Å². The predicted octanol–water partition coefficient (Wildman–Crippen LogP) is -1.18. The van der Waals surface area contributed by atoms with E-state index < -0.39 is 17.6 Å². The van der Waals surface area contributed by atoms with Crippen molar-refractivity contribution in [1.82, 2.24) is 31.1 Å². The quantitative estimate of drug-likeness (QED) is 0.602. The molecule has 10 heteroatoms. The van der Waals surface area contributed by atoms with Gasteiger partial charge in [-0.15, -0.1) is 10.2 Å². The fraction of sp³-hybridized carbons (Fsp3) is 0.143. The van der Waals surface area contributed by atoms with E-state index in [1.165, 1.54) is 0 Å².